The largest absolute Gasteiger partial charge is 0.481 e. The van der Waals surface area contributed by atoms with E-state index in [-0.39, 0.29) is 19.4 Å². The summed E-state index contributed by atoms with van der Waals surface area (Å²) in [6, 6.07) is -0.648. The molecule has 0 radical (unpaired) electrons. The molecule has 0 unspecified atom stereocenters. The monoisotopic (exact) mass is 298 g/mol. The highest BCUT2D eigenvalue weighted by Crippen LogP contribution is 2.24. The summed E-state index contributed by atoms with van der Waals surface area (Å²) >= 11 is 0. The normalized spacial score (nSPS) is 11.0. The SMILES string of the molecule is CC(C)(CC(=O)O)CC(=O)NC(=O)NCCc1ncno1. The number of carboxylic acid groups (broad SMARTS) is 1. The van der Waals surface area contributed by atoms with Crippen molar-refractivity contribution in [3.05, 3.63) is 12.2 Å². The van der Waals surface area contributed by atoms with E-state index < -0.39 is 23.3 Å². The van der Waals surface area contributed by atoms with Crippen molar-refractivity contribution in [3.63, 3.8) is 0 Å². The van der Waals surface area contributed by atoms with E-state index in [0.29, 0.717) is 12.3 Å². The molecule has 0 saturated carbocycles. The Balaban J connectivity index is 2.27. The Kier molecular flexibility index (Phi) is 5.82. The van der Waals surface area contributed by atoms with Crippen LogP contribution in [0.4, 0.5) is 4.79 Å². The highest BCUT2D eigenvalue weighted by molar-refractivity contribution is 5.94. The van der Waals surface area contributed by atoms with Gasteiger partial charge in [-0.15, -0.1) is 0 Å². The predicted octanol–water partition coefficient (Wildman–Crippen LogP) is 0.329. The van der Waals surface area contributed by atoms with Crippen molar-refractivity contribution in [1.82, 2.24) is 20.8 Å². The number of hydrogen-bond acceptors (Lipinski definition) is 6. The van der Waals surface area contributed by atoms with Crippen LogP contribution >= 0.6 is 0 Å². The van der Waals surface area contributed by atoms with Crippen LogP contribution in [0.1, 0.15) is 32.6 Å². The molecule has 9 nitrogen and oxygen atoms in total. The minimum atomic E-state index is -0.989. The van der Waals surface area contributed by atoms with Gasteiger partial charge in [0.15, 0.2) is 6.33 Å². The average molecular weight is 298 g/mol. The standard InChI is InChI=1S/C12H18N4O5/c1-12(2,6-10(18)19)5-8(17)16-11(20)13-4-3-9-14-7-15-21-9/h7H,3-6H2,1-2H3,(H,18,19)(H2,13,16,17,20). The van der Waals surface area contributed by atoms with Crippen molar-refractivity contribution >= 4 is 17.9 Å². The summed E-state index contributed by atoms with van der Waals surface area (Å²) in [5.41, 5.74) is -0.722. The van der Waals surface area contributed by atoms with Crippen LogP contribution < -0.4 is 10.6 Å². The maximum atomic E-state index is 11.6. The van der Waals surface area contributed by atoms with Crippen LogP contribution in [-0.2, 0) is 16.0 Å². The maximum Gasteiger partial charge on any atom is 0.321 e. The lowest BCUT2D eigenvalue weighted by atomic mass is 9.85. The van der Waals surface area contributed by atoms with E-state index in [9.17, 15) is 14.4 Å². The molecule has 0 aromatic carbocycles. The fourth-order valence-corrected chi connectivity index (χ4v) is 1.71. The first-order chi connectivity index (χ1) is 9.78. The van der Waals surface area contributed by atoms with Crippen molar-refractivity contribution in [1.29, 1.82) is 0 Å². The Morgan fingerprint density at radius 1 is 1.33 bits per heavy atom. The molecule has 3 amide bonds. The molecule has 21 heavy (non-hydrogen) atoms. The van der Waals surface area contributed by atoms with Gasteiger partial charge in [0.1, 0.15) is 0 Å². The smallest absolute Gasteiger partial charge is 0.321 e. The Bertz CT molecular complexity index is 498. The second-order valence-electron chi connectivity index (χ2n) is 5.30. The molecular formula is C12H18N4O5. The molecule has 0 aliphatic carbocycles. The molecule has 1 aromatic rings. The number of hydrogen-bond donors (Lipinski definition) is 3. The first kappa shape index (κ1) is 16.6. The molecule has 1 rings (SSSR count). The zero-order valence-corrected chi connectivity index (χ0v) is 11.9. The fraction of sp³-hybridized carbons (Fsp3) is 0.583. The van der Waals surface area contributed by atoms with Gasteiger partial charge in [-0.05, 0) is 5.41 Å². The van der Waals surface area contributed by atoms with E-state index >= 15 is 0 Å². The lowest BCUT2D eigenvalue weighted by Gasteiger charge is -2.21. The first-order valence-electron chi connectivity index (χ1n) is 6.33. The van der Waals surface area contributed by atoms with Crippen molar-refractivity contribution in [2.75, 3.05) is 6.54 Å². The van der Waals surface area contributed by atoms with Gasteiger partial charge in [0, 0.05) is 19.4 Å². The molecule has 0 fully saturated rings. The Morgan fingerprint density at radius 2 is 2.05 bits per heavy atom. The van der Waals surface area contributed by atoms with Crippen LogP contribution in [0.25, 0.3) is 0 Å². The number of carbonyl (C=O) groups is 3. The lowest BCUT2D eigenvalue weighted by molar-refractivity contribution is -0.139. The van der Waals surface area contributed by atoms with Crippen molar-refractivity contribution in [2.24, 2.45) is 5.41 Å². The van der Waals surface area contributed by atoms with Crippen LogP contribution in [0, 0.1) is 5.41 Å². The van der Waals surface area contributed by atoms with Crippen molar-refractivity contribution in [2.45, 2.75) is 33.1 Å². The van der Waals surface area contributed by atoms with E-state index in [1.165, 1.54) is 6.33 Å². The molecule has 0 bridgehead atoms. The third-order valence-corrected chi connectivity index (χ3v) is 2.55. The van der Waals surface area contributed by atoms with E-state index in [0.717, 1.165) is 0 Å². The van der Waals surface area contributed by atoms with Gasteiger partial charge in [-0.25, -0.2) is 4.79 Å². The summed E-state index contributed by atoms with van der Waals surface area (Å²) in [7, 11) is 0. The van der Waals surface area contributed by atoms with Crippen molar-refractivity contribution < 1.29 is 24.0 Å². The highest BCUT2D eigenvalue weighted by Gasteiger charge is 2.25. The van der Waals surface area contributed by atoms with E-state index in [2.05, 4.69) is 20.8 Å². The second kappa shape index (κ2) is 7.36. The topological polar surface area (TPSA) is 134 Å². The zero-order valence-electron chi connectivity index (χ0n) is 11.9. The number of carbonyl (C=O) groups excluding carboxylic acids is 2. The number of carboxylic acids is 1. The Labute approximate surface area is 121 Å². The Hall–Kier alpha value is -2.45. The van der Waals surface area contributed by atoms with Gasteiger partial charge in [0.05, 0.1) is 6.42 Å². The van der Waals surface area contributed by atoms with Crippen molar-refractivity contribution in [3.8, 4) is 0 Å². The molecule has 3 N–H and O–H groups in total. The van der Waals surface area contributed by atoms with Crippen LogP contribution in [0.3, 0.4) is 0 Å². The summed E-state index contributed by atoms with van der Waals surface area (Å²) in [5.74, 6) is -1.14. The fourth-order valence-electron chi connectivity index (χ4n) is 1.71. The Morgan fingerprint density at radius 3 is 2.62 bits per heavy atom. The van der Waals surface area contributed by atoms with Gasteiger partial charge in [-0.1, -0.05) is 19.0 Å². The van der Waals surface area contributed by atoms with Gasteiger partial charge in [0.25, 0.3) is 0 Å². The van der Waals surface area contributed by atoms with Gasteiger partial charge >= 0.3 is 12.0 Å². The van der Waals surface area contributed by atoms with Crippen LogP contribution in [0.2, 0.25) is 0 Å². The first-order valence-corrected chi connectivity index (χ1v) is 6.33. The number of nitrogens with zero attached hydrogens (tertiary/aromatic N) is 2. The average Bonchev–Trinajstić information content (AvgIpc) is 2.78. The third-order valence-electron chi connectivity index (χ3n) is 2.55. The number of aliphatic carboxylic acids is 1. The molecular weight excluding hydrogens is 280 g/mol. The summed E-state index contributed by atoms with van der Waals surface area (Å²) in [4.78, 5) is 37.5. The summed E-state index contributed by atoms with van der Waals surface area (Å²) in [5, 5.41) is 16.7. The number of imide groups is 1. The summed E-state index contributed by atoms with van der Waals surface area (Å²) in [6.45, 7) is 3.53. The molecule has 0 spiro atoms. The quantitative estimate of drug-likeness (QED) is 0.660. The minimum Gasteiger partial charge on any atom is -0.481 e. The molecule has 0 aliphatic heterocycles. The second-order valence-corrected chi connectivity index (χ2v) is 5.30. The molecule has 0 saturated heterocycles. The number of aromatic nitrogens is 2. The van der Waals surface area contributed by atoms with E-state index in [1.54, 1.807) is 13.8 Å². The summed E-state index contributed by atoms with van der Waals surface area (Å²) < 4.78 is 4.74. The molecule has 116 valence electrons. The van der Waals surface area contributed by atoms with E-state index in [1.807, 2.05) is 0 Å². The number of rotatable bonds is 7. The van der Waals surface area contributed by atoms with E-state index in [4.69, 9.17) is 9.63 Å². The molecule has 0 aliphatic rings. The third kappa shape index (κ3) is 7.04. The molecule has 0 atom stereocenters. The highest BCUT2D eigenvalue weighted by atomic mass is 16.5. The zero-order chi connectivity index (χ0) is 15.9. The van der Waals surface area contributed by atoms with Gasteiger partial charge < -0.3 is 14.9 Å². The lowest BCUT2D eigenvalue weighted by Crippen LogP contribution is -2.41. The summed E-state index contributed by atoms with van der Waals surface area (Å²) in [6.07, 6.45) is 1.39. The van der Waals surface area contributed by atoms with Crippen LogP contribution in [0.15, 0.2) is 10.9 Å². The number of urea groups is 1. The molecule has 1 heterocycles. The number of nitrogens with one attached hydrogen (secondary N) is 2. The van der Waals surface area contributed by atoms with Gasteiger partial charge in [0.2, 0.25) is 11.8 Å². The van der Waals surface area contributed by atoms with Gasteiger partial charge in [-0.3, -0.25) is 14.9 Å². The molecule has 9 heteroatoms. The molecule has 1 aromatic heterocycles. The predicted molar refractivity (Wildman–Crippen MR) is 70.2 cm³/mol. The van der Waals surface area contributed by atoms with Crippen LogP contribution in [-0.4, -0.2) is 39.7 Å². The van der Waals surface area contributed by atoms with Crippen LogP contribution in [0.5, 0.6) is 0 Å². The minimum absolute atomic E-state index is 0.0591. The maximum absolute atomic E-state index is 11.6. The number of amides is 3. The van der Waals surface area contributed by atoms with Gasteiger partial charge in [-0.2, -0.15) is 4.98 Å².